The first-order valence-electron chi connectivity index (χ1n) is 11.4. The van der Waals surface area contributed by atoms with Gasteiger partial charge in [-0.2, -0.15) is 0 Å². The Morgan fingerprint density at radius 1 is 1.15 bits per heavy atom. The molecule has 0 bridgehead atoms. The summed E-state index contributed by atoms with van der Waals surface area (Å²) < 4.78 is 19.4. The fraction of sp³-hybridized carbons (Fsp3) is 0.500. The molecule has 176 valence electrons. The maximum Gasteiger partial charge on any atom is 0.410 e. The molecule has 1 aliphatic carbocycles. The lowest BCUT2D eigenvalue weighted by molar-refractivity contribution is 0.0515. The van der Waals surface area contributed by atoms with Crippen LogP contribution >= 0.6 is 0 Å². The van der Waals surface area contributed by atoms with E-state index < -0.39 is 11.7 Å². The lowest BCUT2D eigenvalue weighted by Crippen LogP contribution is -2.47. The smallest absolute Gasteiger partial charge is 0.410 e. The lowest BCUT2D eigenvalue weighted by atomic mass is 10.0. The summed E-state index contributed by atoms with van der Waals surface area (Å²) in [5.74, 6) is -1.47. The third-order valence-electron chi connectivity index (χ3n) is 6.12. The van der Waals surface area contributed by atoms with Crippen LogP contribution in [0.1, 0.15) is 55.6 Å². The molecule has 1 aliphatic heterocycles. The predicted octanol–water partition coefficient (Wildman–Crippen LogP) is 3.36. The topological polar surface area (TPSA) is 102 Å². The molecule has 9 heteroatoms. The first kappa shape index (κ1) is 23.1. The van der Waals surface area contributed by atoms with Gasteiger partial charge in [-0.05, 0) is 51.7 Å². The Morgan fingerprint density at radius 2 is 1.85 bits per heavy atom. The third-order valence-corrected chi connectivity index (χ3v) is 6.12. The first-order chi connectivity index (χ1) is 15.8. The Labute approximate surface area is 192 Å². The molecule has 0 atom stereocenters. The summed E-state index contributed by atoms with van der Waals surface area (Å²) in [6.07, 6.45) is 7.16. The Hall–Kier alpha value is -3.07. The summed E-state index contributed by atoms with van der Waals surface area (Å²) in [5.41, 5.74) is 6.94. The fourth-order valence-corrected chi connectivity index (χ4v) is 4.27. The second kappa shape index (κ2) is 9.82. The number of carbonyl (C=O) groups excluding carboxylic acids is 2. The van der Waals surface area contributed by atoms with Gasteiger partial charge in [0.2, 0.25) is 0 Å². The minimum Gasteiger partial charge on any atom is -0.447 e. The number of ether oxygens (including phenoxy) is 1. The molecule has 2 N–H and O–H groups in total. The van der Waals surface area contributed by atoms with Crippen molar-refractivity contribution in [3.8, 4) is 11.3 Å². The normalized spacial score (nSPS) is 16.9. The molecule has 2 heterocycles. The van der Waals surface area contributed by atoms with E-state index >= 15 is 0 Å². The predicted molar refractivity (Wildman–Crippen MR) is 121 cm³/mol. The molecule has 2 amide bonds. The minimum atomic E-state index is -0.803. The molecule has 1 aromatic heterocycles. The van der Waals surface area contributed by atoms with E-state index in [9.17, 15) is 14.0 Å². The van der Waals surface area contributed by atoms with Crippen LogP contribution in [0.3, 0.4) is 0 Å². The van der Waals surface area contributed by atoms with E-state index in [1.54, 1.807) is 23.4 Å². The van der Waals surface area contributed by atoms with Gasteiger partial charge in [-0.25, -0.2) is 9.18 Å². The maximum atomic E-state index is 14.1. The van der Waals surface area contributed by atoms with E-state index in [0.29, 0.717) is 43.0 Å². The van der Waals surface area contributed by atoms with Crippen molar-refractivity contribution in [1.82, 2.24) is 19.8 Å². The molecule has 1 saturated carbocycles. The highest BCUT2D eigenvalue weighted by Crippen LogP contribution is 2.33. The van der Waals surface area contributed by atoms with E-state index in [-0.39, 0.29) is 17.8 Å². The Morgan fingerprint density at radius 3 is 2.39 bits per heavy atom. The van der Waals surface area contributed by atoms with Crippen LogP contribution in [0.15, 0.2) is 30.6 Å². The molecule has 2 fully saturated rings. The fourth-order valence-electron chi connectivity index (χ4n) is 4.27. The number of primary amides is 1. The minimum absolute atomic E-state index is 0.114. The number of hydrogen-bond donors (Lipinski definition) is 1. The maximum absolute atomic E-state index is 14.1. The van der Waals surface area contributed by atoms with Gasteiger partial charge in [-0.3, -0.25) is 19.7 Å². The number of likely N-dealkylation sites (tertiary alicyclic amines) is 1. The standard InChI is InChI=1S/C24H30FN5O3/c1-15(2)33-24(32)29-9-7-19(8-10-29)30(18-4-5-18)14-17-12-28-22(13-27-17)16-3-6-20(23(26)31)21(25)11-16/h3,6,11-13,15,18-19H,4-5,7-10,14H2,1-2H3,(H2,26,31). The molecular weight excluding hydrogens is 425 g/mol. The van der Waals surface area contributed by atoms with Crippen LogP contribution in [0.4, 0.5) is 9.18 Å². The van der Waals surface area contributed by atoms with Crippen molar-refractivity contribution in [2.24, 2.45) is 5.73 Å². The lowest BCUT2D eigenvalue weighted by Gasteiger charge is -2.38. The first-order valence-corrected chi connectivity index (χ1v) is 11.4. The van der Waals surface area contributed by atoms with Crippen molar-refractivity contribution in [3.05, 3.63) is 47.7 Å². The zero-order chi connectivity index (χ0) is 23.5. The van der Waals surface area contributed by atoms with Gasteiger partial charge in [-0.15, -0.1) is 0 Å². The zero-order valence-electron chi connectivity index (χ0n) is 19.0. The highest BCUT2D eigenvalue weighted by atomic mass is 19.1. The second-order valence-electron chi connectivity index (χ2n) is 9.01. The summed E-state index contributed by atoms with van der Waals surface area (Å²) in [5, 5.41) is 0. The Bertz CT molecular complexity index is 1000. The number of carbonyl (C=O) groups is 2. The number of amides is 2. The monoisotopic (exact) mass is 455 g/mol. The van der Waals surface area contributed by atoms with Crippen LogP contribution in [-0.4, -0.2) is 63.0 Å². The van der Waals surface area contributed by atoms with Crippen molar-refractivity contribution in [2.45, 2.75) is 64.3 Å². The number of benzene rings is 1. The van der Waals surface area contributed by atoms with Crippen molar-refractivity contribution in [3.63, 3.8) is 0 Å². The number of halogens is 1. The van der Waals surface area contributed by atoms with Gasteiger partial charge in [0.1, 0.15) is 5.82 Å². The van der Waals surface area contributed by atoms with Gasteiger partial charge in [-0.1, -0.05) is 6.07 Å². The van der Waals surface area contributed by atoms with E-state index in [1.807, 2.05) is 13.8 Å². The molecule has 2 aromatic rings. The van der Waals surface area contributed by atoms with Crippen LogP contribution in [-0.2, 0) is 11.3 Å². The number of nitrogens with two attached hydrogens (primary N) is 1. The van der Waals surface area contributed by atoms with E-state index in [2.05, 4.69) is 14.9 Å². The van der Waals surface area contributed by atoms with E-state index in [4.69, 9.17) is 10.5 Å². The molecule has 8 nitrogen and oxygen atoms in total. The number of hydrogen-bond acceptors (Lipinski definition) is 6. The Balaban J connectivity index is 1.39. The van der Waals surface area contributed by atoms with Crippen LogP contribution in [0.5, 0.6) is 0 Å². The largest absolute Gasteiger partial charge is 0.447 e. The van der Waals surface area contributed by atoms with Crippen LogP contribution in [0.2, 0.25) is 0 Å². The van der Waals surface area contributed by atoms with Gasteiger partial charge in [0.15, 0.2) is 0 Å². The van der Waals surface area contributed by atoms with E-state index in [0.717, 1.165) is 18.5 Å². The van der Waals surface area contributed by atoms with E-state index in [1.165, 1.54) is 25.0 Å². The number of piperidine rings is 1. The number of nitrogens with zero attached hydrogens (tertiary/aromatic N) is 4. The van der Waals surface area contributed by atoms with Crippen LogP contribution in [0.25, 0.3) is 11.3 Å². The molecule has 33 heavy (non-hydrogen) atoms. The van der Waals surface area contributed by atoms with Gasteiger partial charge < -0.3 is 15.4 Å². The third kappa shape index (κ3) is 5.65. The van der Waals surface area contributed by atoms with Crippen LogP contribution < -0.4 is 5.73 Å². The Kier molecular flexibility index (Phi) is 6.88. The van der Waals surface area contributed by atoms with Crippen molar-refractivity contribution in [2.75, 3.05) is 13.1 Å². The highest BCUT2D eigenvalue weighted by Gasteiger charge is 2.36. The van der Waals surface area contributed by atoms with Crippen molar-refractivity contribution in [1.29, 1.82) is 0 Å². The van der Waals surface area contributed by atoms with Crippen LogP contribution in [0, 0.1) is 5.82 Å². The molecule has 0 radical (unpaired) electrons. The molecule has 0 spiro atoms. The zero-order valence-corrected chi connectivity index (χ0v) is 19.0. The molecule has 0 unspecified atom stereocenters. The SMILES string of the molecule is CC(C)OC(=O)N1CCC(N(Cc2cnc(-c3ccc(C(N)=O)c(F)c3)cn2)C2CC2)CC1. The summed E-state index contributed by atoms with van der Waals surface area (Å²) in [6.45, 7) is 5.79. The summed E-state index contributed by atoms with van der Waals surface area (Å²) in [4.78, 5) is 36.7. The summed E-state index contributed by atoms with van der Waals surface area (Å²) >= 11 is 0. The molecular formula is C24H30FN5O3. The quantitative estimate of drug-likeness (QED) is 0.687. The highest BCUT2D eigenvalue weighted by molar-refractivity contribution is 5.93. The van der Waals surface area contributed by atoms with Gasteiger partial charge >= 0.3 is 6.09 Å². The number of rotatable bonds is 7. The molecule has 1 saturated heterocycles. The summed E-state index contributed by atoms with van der Waals surface area (Å²) in [6, 6.07) is 5.15. The summed E-state index contributed by atoms with van der Waals surface area (Å²) in [7, 11) is 0. The van der Waals surface area contributed by atoms with Crippen molar-refractivity contribution < 1.29 is 18.7 Å². The number of aromatic nitrogens is 2. The van der Waals surface area contributed by atoms with Gasteiger partial charge in [0.05, 0.1) is 35.4 Å². The van der Waals surface area contributed by atoms with Gasteiger partial charge in [0, 0.05) is 37.3 Å². The molecule has 2 aliphatic rings. The van der Waals surface area contributed by atoms with Crippen molar-refractivity contribution >= 4 is 12.0 Å². The van der Waals surface area contributed by atoms with Gasteiger partial charge in [0.25, 0.3) is 5.91 Å². The second-order valence-corrected chi connectivity index (χ2v) is 9.01. The average molecular weight is 456 g/mol. The molecule has 1 aromatic carbocycles. The average Bonchev–Trinajstić information content (AvgIpc) is 3.62. The molecule has 4 rings (SSSR count).